The predicted molar refractivity (Wildman–Crippen MR) is 75.8 cm³/mol. The number of pyridine rings is 1. The Labute approximate surface area is 113 Å². The summed E-state index contributed by atoms with van der Waals surface area (Å²) >= 11 is 5.98. The Morgan fingerprint density at radius 1 is 1.28 bits per heavy atom. The topological polar surface area (TPSA) is 24.9 Å². The minimum absolute atomic E-state index is 0.306. The van der Waals surface area contributed by atoms with E-state index in [0.717, 1.165) is 18.0 Å². The molecule has 18 heavy (non-hydrogen) atoms. The second kappa shape index (κ2) is 6.53. The first-order chi connectivity index (χ1) is 8.75. The second-order valence-corrected chi connectivity index (χ2v) is 4.78. The van der Waals surface area contributed by atoms with Crippen molar-refractivity contribution >= 4 is 11.6 Å². The number of benzene rings is 1. The summed E-state index contributed by atoms with van der Waals surface area (Å²) in [6.07, 6.45) is 4.69. The van der Waals surface area contributed by atoms with Crippen molar-refractivity contribution in [2.24, 2.45) is 0 Å². The van der Waals surface area contributed by atoms with Gasteiger partial charge in [0.15, 0.2) is 0 Å². The minimum atomic E-state index is 0.306. The molecule has 0 spiro atoms. The van der Waals surface area contributed by atoms with Crippen molar-refractivity contribution in [3.8, 4) is 0 Å². The number of halogens is 1. The van der Waals surface area contributed by atoms with Crippen LogP contribution in [0.1, 0.15) is 24.1 Å². The van der Waals surface area contributed by atoms with Gasteiger partial charge >= 0.3 is 0 Å². The van der Waals surface area contributed by atoms with E-state index in [1.54, 1.807) is 6.20 Å². The van der Waals surface area contributed by atoms with E-state index in [4.69, 9.17) is 11.6 Å². The van der Waals surface area contributed by atoms with Crippen molar-refractivity contribution in [1.82, 2.24) is 10.3 Å². The average Bonchev–Trinajstić information content (AvgIpc) is 2.40. The number of hydrogen-bond donors (Lipinski definition) is 1. The highest BCUT2D eigenvalue weighted by atomic mass is 35.5. The Balaban J connectivity index is 1.83. The smallest absolute Gasteiger partial charge is 0.0409 e. The summed E-state index contributed by atoms with van der Waals surface area (Å²) in [7, 11) is 0. The SMILES string of the molecule is C[C@@H](NCCc1cccnc1)c1cccc(Cl)c1. The zero-order valence-corrected chi connectivity index (χ0v) is 11.2. The van der Waals surface area contributed by atoms with E-state index < -0.39 is 0 Å². The van der Waals surface area contributed by atoms with Gasteiger partial charge < -0.3 is 5.32 Å². The van der Waals surface area contributed by atoms with E-state index in [1.807, 2.05) is 30.5 Å². The summed E-state index contributed by atoms with van der Waals surface area (Å²) in [5, 5.41) is 4.27. The lowest BCUT2D eigenvalue weighted by atomic mass is 10.1. The van der Waals surface area contributed by atoms with Gasteiger partial charge in [-0.25, -0.2) is 0 Å². The summed E-state index contributed by atoms with van der Waals surface area (Å²) < 4.78 is 0. The lowest BCUT2D eigenvalue weighted by molar-refractivity contribution is 0.576. The quantitative estimate of drug-likeness (QED) is 0.888. The molecular formula is C15H17ClN2. The number of nitrogens with zero attached hydrogens (tertiary/aromatic N) is 1. The van der Waals surface area contributed by atoms with Gasteiger partial charge in [-0.3, -0.25) is 4.98 Å². The van der Waals surface area contributed by atoms with E-state index in [2.05, 4.69) is 29.4 Å². The Morgan fingerprint density at radius 2 is 2.17 bits per heavy atom. The van der Waals surface area contributed by atoms with E-state index in [-0.39, 0.29) is 0 Å². The molecule has 1 aromatic carbocycles. The van der Waals surface area contributed by atoms with Gasteiger partial charge in [0.25, 0.3) is 0 Å². The summed E-state index contributed by atoms with van der Waals surface area (Å²) in [5.41, 5.74) is 2.47. The van der Waals surface area contributed by atoms with Gasteiger partial charge in [0.1, 0.15) is 0 Å². The molecule has 1 aromatic heterocycles. The molecule has 0 aliphatic carbocycles. The normalized spacial score (nSPS) is 12.3. The highest BCUT2D eigenvalue weighted by Gasteiger charge is 2.04. The van der Waals surface area contributed by atoms with Crippen LogP contribution in [0.4, 0.5) is 0 Å². The van der Waals surface area contributed by atoms with Crippen LogP contribution in [0.25, 0.3) is 0 Å². The molecular weight excluding hydrogens is 244 g/mol. The monoisotopic (exact) mass is 260 g/mol. The zero-order valence-electron chi connectivity index (χ0n) is 10.4. The average molecular weight is 261 g/mol. The standard InChI is InChI=1S/C15H17ClN2/c1-12(14-5-2-6-15(16)10-14)18-9-7-13-4-3-8-17-11-13/h2-6,8,10-12,18H,7,9H2,1H3/t12-/m1/s1. The first-order valence-electron chi connectivity index (χ1n) is 6.13. The van der Waals surface area contributed by atoms with Crippen LogP contribution in [0.3, 0.4) is 0 Å². The highest BCUT2D eigenvalue weighted by Crippen LogP contribution is 2.17. The molecule has 0 radical (unpaired) electrons. The molecule has 0 unspecified atom stereocenters. The largest absolute Gasteiger partial charge is 0.310 e. The maximum Gasteiger partial charge on any atom is 0.0409 e. The van der Waals surface area contributed by atoms with Gasteiger partial charge in [-0.15, -0.1) is 0 Å². The molecule has 0 saturated carbocycles. The molecule has 0 aliphatic heterocycles. The third-order valence-electron chi connectivity index (χ3n) is 2.94. The molecule has 2 aromatic rings. The Morgan fingerprint density at radius 3 is 2.89 bits per heavy atom. The number of aromatic nitrogens is 1. The van der Waals surface area contributed by atoms with Gasteiger partial charge in [-0.05, 0) is 49.2 Å². The van der Waals surface area contributed by atoms with E-state index in [1.165, 1.54) is 11.1 Å². The van der Waals surface area contributed by atoms with Gasteiger partial charge in [-0.2, -0.15) is 0 Å². The molecule has 0 bridgehead atoms. The van der Waals surface area contributed by atoms with Crippen LogP contribution in [0.15, 0.2) is 48.8 Å². The number of hydrogen-bond acceptors (Lipinski definition) is 2. The Kier molecular flexibility index (Phi) is 4.73. The fourth-order valence-corrected chi connectivity index (χ4v) is 2.07. The van der Waals surface area contributed by atoms with E-state index in [9.17, 15) is 0 Å². The van der Waals surface area contributed by atoms with E-state index >= 15 is 0 Å². The fraction of sp³-hybridized carbons (Fsp3) is 0.267. The molecule has 0 amide bonds. The van der Waals surface area contributed by atoms with Crippen LogP contribution in [0.5, 0.6) is 0 Å². The lowest BCUT2D eigenvalue weighted by Gasteiger charge is -2.14. The molecule has 2 rings (SSSR count). The summed E-state index contributed by atoms with van der Waals surface area (Å²) in [4.78, 5) is 4.11. The highest BCUT2D eigenvalue weighted by molar-refractivity contribution is 6.30. The summed E-state index contributed by atoms with van der Waals surface area (Å²) in [5.74, 6) is 0. The summed E-state index contributed by atoms with van der Waals surface area (Å²) in [6.45, 7) is 3.08. The van der Waals surface area contributed by atoms with Gasteiger partial charge in [0.05, 0.1) is 0 Å². The molecule has 0 fully saturated rings. The van der Waals surface area contributed by atoms with Crippen molar-refractivity contribution < 1.29 is 0 Å². The predicted octanol–water partition coefficient (Wildman–Crippen LogP) is 3.63. The first kappa shape index (κ1) is 13.1. The van der Waals surface area contributed by atoms with Crippen molar-refractivity contribution in [3.05, 3.63) is 64.9 Å². The molecule has 0 aliphatic rings. The van der Waals surface area contributed by atoms with Crippen molar-refractivity contribution in [2.45, 2.75) is 19.4 Å². The zero-order chi connectivity index (χ0) is 12.8. The number of rotatable bonds is 5. The Bertz CT molecular complexity index is 485. The van der Waals surface area contributed by atoms with Crippen LogP contribution >= 0.6 is 11.6 Å². The maximum atomic E-state index is 5.98. The number of nitrogens with one attached hydrogen (secondary N) is 1. The molecule has 2 nitrogen and oxygen atoms in total. The van der Waals surface area contributed by atoms with Gasteiger partial charge in [-0.1, -0.05) is 29.8 Å². The molecule has 3 heteroatoms. The maximum absolute atomic E-state index is 5.98. The third-order valence-corrected chi connectivity index (χ3v) is 3.17. The lowest BCUT2D eigenvalue weighted by Crippen LogP contribution is -2.21. The molecule has 1 N–H and O–H groups in total. The molecule has 1 heterocycles. The third kappa shape index (κ3) is 3.83. The van der Waals surface area contributed by atoms with Crippen LogP contribution < -0.4 is 5.32 Å². The molecule has 1 atom stereocenters. The van der Waals surface area contributed by atoms with Crippen LogP contribution in [-0.4, -0.2) is 11.5 Å². The van der Waals surface area contributed by atoms with Crippen LogP contribution in [-0.2, 0) is 6.42 Å². The van der Waals surface area contributed by atoms with E-state index in [0.29, 0.717) is 6.04 Å². The summed E-state index contributed by atoms with van der Waals surface area (Å²) in [6, 6.07) is 12.3. The molecule has 0 saturated heterocycles. The van der Waals surface area contributed by atoms with Crippen molar-refractivity contribution in [3.63, 3.8) is 0 Å². The second-order valence-electron chi connectivity index (χ2n) is 4.34. The Hall–Kier alpha value is -1.38. The van der Waals surface area contributed by atoms with Crippen LogP contribution in [0.2, 0.25) is 5.02 Å². The van der Waals surface area contributed by atoms with Gasteiger partial charge in [0, 0.05) is 23.5 Å². The van der Waals surface area contributed by atoms with Crippen molar-refractivity contribution in [2.75, 3.05) is 6.54 Å². The van der Waals surface area contributed by atoms with Crippen LogP contribution in [0, 0.1) is 0 Å². The minimum Gasteiger partial charge on any atom is -0.310 e. The van der Waals surface area contributed by atoms with Gasteiger partial charge in [0.2, 0.25) is 0 Å². The first-order valence-corrected chi connectivity index (χ1v) is 6.51. The van der Waals surface area contributed by atoms with Crippen molar-refractivity contribution in [1.29, 1.82) is 0 Å². The fourth-order valence-electron chi connectivity index (χ4n) is 1.87. The molecule has 94 valence electrons.